The van der Waals surface area contributed by atoms with Crippen LogP contribution in [0.4, 0.5) is 5.69 Å². The molecule has 0 unspecified atom stereocenters. The highest BCUT2D eigenvalue weighted by Gasteiger charge is 2.73. The van der Waals surface area contributed by atoms with Crippen molar-refractivity contribution < 1.29 is 19.1 Å². The van der Waals surface area contributed by atoms with Crippen LogP contribution in [0.25, 0.3) is 0 Å². The fourth-order valence-electron chi connectivity index (χ4n) is 6.47. The largest absolute Gasteiger partial charge is 0.457 e. The average Bonchev–Trinajstić information content (AvgIpc) is 3.26. The molecule has 2 atom stereocenters. The van der Waals surface area contributed by atoms with E-state index in [0.717, 1.165) is 27.8 Å². The Morgan fingerprint density at radius 2 is 1.10 bits per heavy atom. The number of halogens is 2. The van der Waals surface area contributed by atoms with E-state index in [-0.39, 0.29) is 6.61 Å². The van der Waals surface area contributed by atoms with Crippen molar-refractivity contribution in [1.29, 1.82) is 0 Å². The number of esters is 1. The van der Waals surface area contributed by atoms with Gasteiger partial charge in [-0.15, -0.1) is 23.2 Å². The average molecular weight is 554 g/mol. The van der Waals surface area contributed by atoms with Gasteiger partial charge in [-0.2, -0.15) is 0 Å². The Bertz CT molecular complexity index is 1550. The summed E-state index contributed by atoms with van der Waals surface area (Å²) in [6.07, 6.45) is 0. The number of alkyl halides is 2. The van der Waals surface area contributed by atoms with Crippen molar-refractivity contribution in [3.05, 3.63) is 137 Å². The highest BCUT2D eigenvalue weighted by Crippen LogP contribution is 2.69. The topological polar surface area (TPSA) is 63.7 Å². The maximum absolute atomic E-state index is 14.1. The summed E-state index contributed by atoms with van der Waals surface area (Å²) in [5.41, 5.74) is 4.55. The summed E-state index contributed by atoms with van der Waals surface area (Å²) >= 11 is 14.9. The molecule has 7 heteroatoms. The van der Waals surface area contributed by atoms with Crippen LogP contribution in [0.2, 0.25) is 0 Å². The fourth-order valence-corrected chi connectivity index (χ4v) is 7.57. The lowest BCUT2D eigenvalue weighted by Gasteiger charge is -2.54. The second-order valence-corrected chi connectivity index (χ2v) is 11.3. The Labute approximate surface area is 234 Å². The first-order valence-electron chi connectivity index (χ1n) is 12.6. The molecular weight excluding hydrogens is 533 g/mol. The van der Waals surface area contributed by atoms with Gasteiger partial charge in [-0.05, 0) is 52.1 Å². The zero-order chi connectivity index (χ0) is 26.9. The summed E-state index contributed by atoms with van der Waals surface area (Å²) in [4.78, 5) is 39.4. The molecule has 0 spiro atoms. The first-order valence-corrected chi connectivity index (χ1v) is 13.4. The molecule has 1 fully saturated rings. The molecule has 5 nitrogen and oxygen atoms in total. The summed E-state index contributed by atoms with van der Waals surface area (Å²) in [7, 11) is 0. The minimum Gasteiger partial charge on any atom is -0.457 e. The highest BCUT2D eigenvalue weighted by atomic mass is 35.5. The maximum Gasteiger partial charge on any atom is 0.338 e. The van der Waals surface area contributed by atoms with Crippen molar-refractivity contribution in [2.24, 2.45) is 11.8 Å². The van der Waals surface area contributed by atoms with Gasteiger partial charge in [0.25, 0.3) is 0 Å². The zero-order valence-corrected chi connectivity index (χ0v) is 22.0. The number of carbonyl (C=O) groups excluding carboxylic acids is 3. The second kappa shape index (κ2) is 8.54. The number of benzene rings is 4. The third kappa shape index (κ3) is 3.17. The number of nitrogens with zero attached hydrogens (tertiary/aromatic N) is 1. The van der Waals surface area contributed by atoms with Gasteiger partial charge in [-0.25, -0.2) is 9.69 Å². The number of amides is 2. The van der Waals surface area contributed by atoms with Gasteiger partial charge < -0.3 is 4.74 Å². The number of carbonyl (C=O) groups is 3. The molecule has 4 aromatic rings. The Hall–Kier alpha value is -3.93. The summed E-state index contributed by atoms with van der Waals surface area (Å²) in [6, 6.07) is 30.7. The first-order chi connectivity index (χ1) is 18.9. The molecule has 1 heterocycles. The number of imide groups is 1. The smallest absolute Gasteiger partial charge is 0.338 e. The van der Waals surface area contributed by atoms with Crippen molar-refractivity contribution in [2.45, 2.75) is 16.4 Å². The van der Waals surface area contributed by atoms with Gasteiger partial charge in [0.15, 0.2) is 0 Å². The Balaban J connectivity index is 1.24. The van der Waals surface area contributed by atoms with E-state index in [1.807, 2.05) is 78.9 Å². The van der Waals surface area contributed by atoms with Crippen molar-refractivity contribution in [2.75, 3.05) is 4.90 Å². The maximum atomic E-state index is 14.1. The van der Waals surface area contributed by atoms with Crippen LogP contribution in [0.5, 0.6) is 0 Å². The fraction of sp³-hybridized carbons (Fsp3) is 0.156. The van der Waals surface area contributed by atoms with Crippen molar-refractivity contribution in [3.63, 3.8) is 0 Å². The number of hydrogen-bond acceptors (Lipinski definition) is 4. The standard InChI is InChI=1S/C32H21Cl2NO4/c33-31-22-10-4-5-11-23(22)32(34,25-13-7-6-12-24(25)31)27-26(31)28(36)35(29(27)37)21-16-14-20(15-17-21)30(38)39-18-19-8-2-1-3-9-19/h1-17,26-27H,18H2/t26-,27+,31?,32?. The van der Waals surface area contributed by atoms with Crippen molar-refractivity contribution in [3.8, 4) is 0 Å². The monoisotopic (exact) mass is 553 g/mol. The van der Waals surface area contributed by atoms with Gasteiger partial charge >= 0.3 is 5.97 Å². The Kier molecular flexibility index (Phi) is 5.28. The van der Waals surface area contributed by atoms with Gasteiger partial charge in [0, 0.05) is 0 Å². The predicted molar refractivity (Wildman–Crippen MR) is 148 cm³/mol. The van der Waals surface area contributed by atoms with E-state index in [4.69, 9.17) is 27.9 Å². The van der Waals surface area contributed by atoms with Gasteiger partial charge in [-0.3, -0.25) is 9.59 Å². The van der Waals surface area contributed by atoms with Gasteiger partial charge in [0.2, 0.25) is 11.8 Å². The molecule has 4 aliphatic rings. The summed E-state index contributed by atoms with van der Waals surface area (Å²) in [6.45, 7) is 0.143. The minimum atomic E-state index is -1.24. The van der Waals surface area contributed by atoms with Gasteiger partial charge in [-0.1, -0.05) is 78.9 Å². The van der Waals surface area contributed by atoms with Gasteiger partial charge in [0.1, 0.15) is 16.4 Å². The second-order valence-electron chi connectivity index (χ2n) is 10.1. The molecule has 1 saturated heterocycles. The van der Waals surface area contributed by atoms with E-state index >= 15 is 0 Å². The number of rotatable bonds is 4. The Morgan fingerprint density at radius 3 is 1.56 bits per heavy atom. The molecule has 8 rings (SSSR count). The molecule has 2 amide bonds. The quantitative estimate of drug-likeness (QED) is 0.173. The lowest BCUT2D eigenvalue weighted by molar-refractivity contribution is -0.122. The number of ether oxygens (including phenoxy) is 1. The molecule has 0 saturated carbocycles. The van der Waals surface area contributed by atoms with Crippen LogP contribution in [-0.4, -0.2) is 17.8 Å². The molecule has 0 N–H and O–H groups in total. The van der Waals surface area contributed by atoms with Crippen molar-refractivity contribution >= 4 is 46.7 Å². The van der Waals surface area contributed by atoms with Crippen LogP contribution in [-0.2, 0) is 30.7 Å². The lowest BCUT2D eigenvalue weighted by Crippen LogP contribution is -2.57. The zero-order valence-electron chi connectivity index (χ0n) is 20.5. The van der Waals surface area contributed by atoms with Crippen molar-refractivity contribution in [1.82, 2.24) is 0 Å². The normalized spacial score (nSPS) is 26.2. The van der Waals surface area contributed by atoms with E-state index < -0.39 is 39.4 Å². The molecule has 0 radical (unpaired) electrons. The number of hydrogen-bond donors (Lipinski definition) is 0. The van der Waals surface area contributed by atoms with E-state index in [0.29, 0.717) is 11.3 Å². The highest BCUT2D eigenvalue weighted by molar-refractivity contribution is 6.38. The molecule has 1 aliphatic heterocycles. The minimum absolute atomic E-state index is 0.143. The van der Waals surface area contributed by atoms with Crippen LogP contribution in [0, 0.1) is 11.8 Å². The third-order valence-electron chi connectivity index (χ3n) is 8.16. The molecule has 3 aliphatic carbocycles. The van der Waals surface area contributed by atoms with E-state index in [1.165, 1.54) is 4.90 Å². The van der Waals surface area contributed by atoms with Crippen LogP contribution in [0.15, 0.2) is 103 Å². The summed E-state index contributed by atoms with van der Waals surface area (Å²) in [5.74, 6) is -3.09. The molecular formula is C32H21Cl2NO4. The molecule has 0 aromatic heterocycles. The summed E-state index contributed by atoms with van der Waals surface area (Å²) < 4.78 is 5.41. The third-order valence-corrected chi connectivity index (χ3v) is 9.44. The van der Waals surface area contributed by atoms with E-state index in [1.54, 1.807) is 24.3 Å². The molecule has 39 heavy (non-hydrogen) atoms. The predicted octanol–water partition coefficient (Wildman–Crippen LogP) is 6.14. The first kappa shape index (κ1) is 24.1. The van der Waals surface area contributed by atoms with Crippen LogP contribution in [0.3, 0.4) is 0 Å². The van der Waals surface area contributed by atoms with E-state index in [2.05, 4.69) is 0 Å². The van der Waals surface area contributed by atoms with E-state index in [9.17, 15) is 14.4 Å². The SMILES string of the molecule is O=C(OCc1ccccc1)c1ccc(N2C(=O)[C@@H]3[C@H](C2=O)C2(Cl)c4ccccc4C3(Cl)c3ccccc32)cc1. The number of anilines is 1. The van der Waals surface area contributed by atoms with Gasteiger partial charge in [0.05, 0.1) is 23.1 Å². The molecule has 4 aromatic carbocycles. The molecule has 2 bridgehead atoms. The van der Waals surface area contributed by atoms with Crippen LogP contribution in [0.1, 0.15) is 38.2 Å². The molecule has 192 valence electrons. The van der Waals surface area contributed by atoms with Crippen LogP contribution >= 0.6 is 23.2 Å². The lowest BCUT2D eigenvalue weighted by atomic mass is 9.54. The Morgan fingerprint density at radius 1 is 0.667 bits per heavy atom. The summed E-state index contributed by atoms with van der Waals surface area (Å²) in [5, 5.41) is 0. The van der Waals surface area contributed by atoms with Crippen LogP contribution < -0.4 is 4.90 Å².